The molecular weight excluding hydrogens is 442 g/mol. The van der Waals surface area contributed by atoms with Crippen LogP contribution in [0.2, 0.25) is 0 Å². The molecule has 0 bridgehead atoms. The van der Waals surface area contributed by atoms with Crippen molar-refractivity contribution in [2.45, 2.75) is 45.6 Å². The first-order valence-electron chi connectivity index (χ1n) is 11.9. The fourth-order valence-electron chi connectivity index (χ4n) is 4.07. The SMILES string of the molecule is CCCN(CCC)C(=O)c1cc(-c2ncco2)cc(-c2nnc([C@](C)(N)Cc3ccccc3)o2)c1. The van der Waals surface area contributed by atoms with Gasteiger partial charge in [0.15, 0.2) is 0 Å². The van der Waals surface area contributed by atoms with Crippen LogP contribution in [0.3, 0.4) is 0 Å². The summed E-state index contributed by atoms with van der Waals surface area (Å²) in [6, 6.07) is 15.3. The molecule has 1 atom stereocenters. The molecule has 8 nitrogen and oxygen atoms in total. The van der Waals surface area contributed by atoms with Gasteiger partial charge in [-0.25, -0.2) is 4.98 Å². The third kappa shape index (κ3) is 5.66. The van der Waals surface area contributed by atoms with Gasteiger partial charge in [0.05, 0.1) is 11.7 Å². The molecule has 2 N–H and O–H groups in total. The minimum atomic E-state index is -0.857. The van der Waals surface area contributed by atoms with Crippen LogP contribution in [0.25, 0.3) is 22.9 Å². The fraction of sp³-hybridized carbons (Fsp3) is 0.333. The van der Waals surface area contributed by atoms with Gasteiger partial charge in [-0.1, -0.05) is 44.2 Å². The molecule has 2 aromatic heterocycles. The van der Waals surface area contributed by atoms with E-state index in [0.29, 0.717) is 48.0 Å². The summed E-state index contributed by atoms with van der Waals surface area (Å²) < 4.78 is 11.5. The second-order valence-electron chi connectivity index (χ2n) is 8.92. The molecule has 0 aliphatic heterocycles. The highest BCUT2D eigenvalue weighted by Crippen LogP contribution is 2.30. The van der Waals surface area contributed by atoms with Gasteiger partial charge in [-0.3, -0.25) is 4.79 Å². The van der Waals surface area contributed by atoms with E-state index in [0.717, 1.165) is 18.4 Å². The van der Waals surface area contributed by atoms with Gasteiger partial charge in [-0.05, 0) is 49.9 Å². The molecule has 2 aromatic carbocycles. The highest BCUT2D eigenvalue weighted by atomic mass is 16.4. The first-order chi connectivity index (χ1) is 16.9. The first kappa shape index (κ1) is 24.3. The largest absolute Gasteiger partial charge is 0.445 e. The van der Waals surface area contributed by atoms with Crippen LogP contribution in [0, 0.1) is 0 Å². The average Bonchev–Trinajstić information content (AvgIpc) is 3.57. The van der Waals surface area contributed by atoms with Gasteiger partial charge in [0, 0.05) is 29.8 Å². The van der Waals surface area contributed by atoms with Crippen LogP contribution in [0.1, 0.15) is 55.4 Å². The number of benzene rings is 2. The Labute approximate surface area is 205 Å². The minimum Gasteiger partial charge on any atom is -0.445 e. The van der Waals surface area contributed by atoms with Crippen molar-refractivity contribution in [3.63, 3.8) is 0 Å². The maximum atomic E-state index is 13.4. The van der Waals surface area contributed by atoms with Crippen LogP contribution in [0.15, 0.2) is 69.8 Å². The van der Waals surface area contributed by atoms with Crippen LogP contribution in [0.5, 0.6) is 0 Å². The van der Waals surface area contributed by atoms with Crippen LogP contribution in [-0.4, -0.2) is 39.1 Å². The molecule has 0 aliphatic carbocycles. The molecule has 0 radical (unpaired) electrons. The van der Waals surface area contributed by atoms with Crippen LogP contribution in [0.4, 0.5) is 0 Å². The lowest BCUT2D eigenvalue weighted by Gasteiger charge is -2.22. The minimum absolute atomic E-state index is 0.0594. The van der Waals surface area contributed by atoms with E-state index in [1.54, 1.807) is 18.3 Å². The van der Waals surface area contributed by atoms with E-state index in [9.17, 15) is 4.79 Å². The van der Waals surface area contributed by atoms with Crippen molar-refractivity contribution in [1.29, 1.82) is 0 Å². The number of aromatic nitrogens is 3. The number of carbonyl (C=O) groups excluding carboxylic acids is 1. The zero-order chi connectivity index (χ0) is 24.8. The quantitative estimate of drug-likeness (QED) is 0.342. The maximum absolute atomic E-state index is 13.4. The summed E-state index contributed by atoms with van der Waals surface area (Å²) in [6.07, 6.45) is 5.36. The molecule has 182 valence electrons. The molecule has 0 aliphatic rings. The third-order valence-corrected chi connectivity index (χ3v) is 5.71. The van der Waals surface area contributed by atoms with E-state index in [-0.39, 0.29) is 11.8 Å². The molecule has 0 saturated heterocycles. The second kappa shape index (κ2) is 10.7. The van der Waals surface area contributed by atoms with Gasteiger partial charge < -0.3 is 19.5 Å². The van der Waals surface area contributed by atoms with E-state index in [2.05, 4.69) is 29.0 Å². The number of hydrogen-bond acceptors (Lipinski definition) is 7. The Morgan fingerprint density at radius 2 is 1.69 bits per heavy atom. The van der Waals surface area contributed by atoms with Crippen molar-refractivity contribution in [2.24, 2.45) is 5.73 Å². The molecule has 0 spiro atoms. The van der Waals surface area contributed by atoms with Crippen molar-refractivity contribution in [3.05, 3.63) is 78.0 Å². The Morgan fingerprint density at radius 3 is 2.31 bits per heavy atom. The van der Waals surface area contributed by atoms with Crippen LogP contribution < -0.4 is 5.73 Å². The highest BCUT2D eigenvalue weighted by molar-refractivity contribution is 5.96. The van der Waals surface area contributed by atoms with E-state index >= 15 is 0 Å². The van der Waals surface area contributed by atoms with E-state index in [1.165, 1.54) is 6.26 Å². The summed E-state index contributed by atoms with van der Waals surface area (Å²) in [4.78, 5) is 19.5. The van der Waals surface area contributed by atoms with E-state index in [4.69, 9.17) is 14.6 Å². The first-order valence-corrected chi connectivity index (χ1v) is 11.9. The third-order valence-electron chi connectivity index (χ3n) is 5.71. The summed E-state index contributed by atoms with van der Waals surface area (Å²) in [5.74, 6) is 0.954. The van der Waals surface area contributed by atoms with Gasteiger partial charge in [-0.15, -0.1) is 10.2 Å². The Kier molecular flexibility index (Phi) is 7.41. The molecule has 2 heterocycles. The molecule has 35 heavy (non-hydrogen) atoms. The zero-order valence-corrected chi connectivity index (χ0v) is 20.4. The number of nitrogens with zero attached hydrogens (tertiary/aromatic N) is 4. The number of amides is 1. The second-order valence-corrected chi connectivity index (χ2v) is 8.92. The Balaban J connectivity index is 1.70. The van der Waals surface area contributed by atoms with Crippen molar-refractivity contribution in [2.75, 3.05) is 13.1 Å². The van der Waals surface area contributed by atoms with Crippen molar-refractivity contribution in [1.82, 2.24) is 20.1 Å². The monoisotopic (exact) mass is 473 g/mol. The fourth-order valence-corrected chi connectivity index (χ4v) is 4.07. The topological polar surface area (TPSA) is 111 Å². The summed E-state index contributed by atoms with van der Waals surface area (Å²) in [5.41, 5.74) is 8.56. The number of carbonyl (C=O) groups is 1. The van der Waals surface area contributed by atoms with Crippen molar-refractivity contribution >= 4 is 5.91 Å². The summed E-state index contributed by atoms with van der Waals surface area (Å²) in [6.45, 7) is 7.35. The summed E-state index contributed by atoms with van der Waals surface area (Å²) in [5, 5.41) is 8.51. The highest BCUT2D eigenvalue weighted by Gasteiger charge is 2.29. The average molecular weight is 474 g/mol. The predicted molar refractivity (Wildman–Crippen MR) is 133 cm³/mol. The Bertz CT molecular complexity index is 1240. The number of oxazole rings is 1. The molecule has 4 aromatic rings. The van der Waals surface area contributed by atoms with Crippen LogP contribution in [-0.2, 0) is 12.0 Å². The van der Waals surface area contributed by atoms with Gasteiger partial charge in [-0.2, -0.15) is 0 Å². The van der Waals surface area contributed by atoms with Crippen molar-refractivity contribution < 1.29 is 13.6 Å². The lowest BCUT2D eigenvalue weighted by Crippen LogP contribution is -2.35. The standard InChI is InChI=1S/C27H31N5O3/c1-4-12-32(13-5-2)25(33)22-16-20(23-29-11-14-34-23)15-21(17-22)24-30-31-26(35-24)27(3,28)18-19-9-7-6-8-10-19/h6-11,14-17H,4-5,12-13,18,28H2,1-3H3/t27-/m1/s1. The molecular formula is C27H31N5O3. The molecule has 0 fully saturated rings. The van der Waals surface area contributed by atoms with E-state index in [1.807, 2.05) is 48.2 Å². The van der Waals surface area contributed by atoms with E-state index < -0.39 is 5.54 Å². The maximum Gasteiger partial charge on any atom is 0.253 e. The van der Waals surface area contributed by atoms with Gasteiger partial charge in [0.1, 0.15) is 6.26 Å². The van der Waals surface area contributed by atoms with Gasteiger partial charge in [0.2, 0.25) is 17.7 Å². The van der Waals surface area contributed by atoms with Gasteiger partial charge in [0.25, 0.3) is 5.91 Å². The lowest BCUT2D eigenvalue weighted by molar-refractivity contribution is 0.0755. The molecule has 0 unspecified atom stereocenters. The number of hydrogen-bond donors (Lipinski definition) is 1. The lowest BCUT2D eigenvalue weighted by atomic mass is 9.94. The van der Waals surface area contributed by atoms with Crippen molar-refractivity contribution in [3.8, 4) is 22.9 Å². The molecule has 8 heteroatoms. The number of rotatable bonds is 10. The number of nitrogens with two attached hydrogens (primary N) is 1. The molecule has 0 saturated carbocycles. The Morgan fingerprint density at radius 1 is 1.00 bits per heavy atom. The summed E-state index contributed by atoms with van der Waals surface area (Å²) >= 11 is 0. The Hall–Kier alpha value is -3.78. The molecule has 4 rings (SSSR count). The predicted octanol–water partition coefficient (Wildman–Crippen LogP) is 5.07. The normalized spacial score (nSPS) is 12.9. The molecule has 1 amide bonds. The summed E-state index contributed by atoms with van der Waals surface area (Å²) in [7, 11) is 0. The smallest absolute Gasteiger partial charge is 0.253 e. The van der Waals surface area contributed by atoms with Crippen LogP contribution >= 0.6 is 0 Å². The zero-order valence-electron chi connectivity index (χ0n) is 20.4. The van der Waals surface area contributed by atoms with Gasteiger partial charge >= 0.3 is 0 Å².